The number of methoxy groups -OCH3 is 2. The fourth-order valence-electron chi connectivity index (χ4n) is 1.03. The van der Waals surface area contributed by atoms with Gasteiger partial charge in [-0.3, -0.25) is 4.79 Å². The van der Waals surface area contributed by atoms with E-state index in [1.165, 1.54) is 20.4 Å². The fraction of sp³-hybridized carbons (Fsp3) is 0.636. The number of carbonyl (C=O) groups is 1. The summed E-state index contributed by atoms with van der Waals surface area (Å²) in [5, 5.41) is 14.2. The number of halogens is 1. The topological polar surface area (TPSA) is 83.4 Å². The summed E-state index contributed by atoms with van der Waals surface area (Å²) in [6.45, 7) is 0.785. The van der Waals surface area contributed by atoms with Crippen molar-refractivity contribution in [3.8, 4) is 6.07 Å². The van der Waals surface area contributed by atoms with Crippen molar-refractivity contribution >= 4 is 17.5 Å². The third kappa shape index (κ3) is 7.12. The van der Waals surface area contributed by atoms with Crippen LogP contribution in [0.4, 0.5) is 0 Å². The van der Waals surface area contributed by atoms with Crippen molar-refractivity contribution in [2.24, 2.45) is 0 Å². The first-order valence-corrected chi connectivity index (χ1v) is 5.96. The molecule has 0 unspecified atom stereocenters. The van der Waals surface area contributed by atoms with Crippen molar-refractivity contribution in [2.75, 3.05) is 33.2 Å². The van der Waals surface area contributed by atoms with Crippen LogP contribution >= 0.6 is 11.6 Å². The average Bonchev–Trinajstić information content (AvgIpc) is 2.39. The Labute approximate surface area is 112 Å². The Morgan fingerprint density at radius 1 is 1.50 bits per heavy atom. The standard InChI is InChI=1S/C11H18ClN3O3/c1-17-10(18-2)8-14-7-9(6-13)11(16)15-5-3-4-12/h7,10,14H,3-5,8H2,1-2H3,(H,15,16)/b9-7-. The summed E-state index contributed by atoms with van der Waals surface area (Å²) >= 11 is 5.48. The molecule has 0 atom stereocenters. The van der Waals surface area contributed by atoms with Gasteiger partial charge >= 0.3 is 0 Å². The molecule has 18 heavy (non-hydrogen) atoms. The summed E-state index contributed by atoms with van der Waals surface area (Å²) in [4.78, 5) is 11.5. The highest BCUT2D eigenvalue weighted by molar-refractivity contribution is 6.17. The van der Waals surface area contributed by atoms with Gasteiger partial charge in [0.15, 0.2) is 6.29 Å². The normalized spacial score (nSPS) is 11.2. The molecule has 0 aromatic carbocycles. The first-order chi connectivity index (χ1) is 8.69. The molecule has 0 aliphatic heterocycles. The van der Waals surface area contributed by atoms with E-state index in [-0.39, 0.29) is 5.57 Å². The summed E-state index contributed by atoms with van der Waals surface area (Å²) in [6.07, 6.45) is 1.57. The van der Waals surface area contributed by atoms with Gasteiger partial charge in [-0.05, 0) is 6.42 Å². The molecule has 0 aliphatic rings. The van der Waals surface area contributed by atoms with Crippen LogP contribution in [0.25, 0.3) is 0 Å². The molecule has 0 radical (unpaired) electrons. The lowest BCUT2D eigenvalue weighted by atomic mass is 10.3. The first kappa shape index (κ1) is 16.7. The summed E-state index contributed by atoms with van der Waals surface area (Å²) < 4.78 is 9.89. The van der Waals surface area contributed by atoms with Crippen LogP contribution in [-0.2, 0) is 14.3 Å². The molecule has 6 nitrogen and oxygen atoms in total. The summed E-state index contributed by atoms with van der Waals surface area (Å²) in [7, 11) is 3.01. The lowest BCUT2D eigenvalue weighted by Gasteiger charge is -2.12. The van der Waals surface area contributed by atoms with E-state index < -0.39 is 12.2 Å². The smallest absolute Gasteiger partial charge is 0.263 e. The minimum Gasteiger partial charge on any atom is -0.385 e. The predicted molar refractivity (Wildman–Crippen MR) is 67.9 cm³/mol. The Bertz CT molecular complexity index is 311. The Morgan fingerprint density at radius 3 is 2.67 bits per heavy atom. The quantitative estimate of drug-likeness (QED) is 0.209. The summed E-state index contributed by atoms with van der Waals surface area (Å²) in [5.74, 6) is 0.0366. The number of hydrogen-bond donors (Lipinski definition) is 2. The van der Waals surface area contributed by atoms with E-state index in [1.807, 2.05) is 6.07 Å². The van der Waals surface area contributed by atoms with Crippen molar-refractivity contribution in [3.63, 3.8) is 0 Å². The van der Waals surface area contributed by atoms with Crippen LogP contribution in [0.3, 0.4) is 0 Å². The van der Waals surface area contributed by atoms with Crippen molar-refractivity contribution in [1.82, 2.24) is 10.6 Å². The van der Waals surface area contributed by atoms with Gasteiger partial charge < -0.3 is 20.1 Å². The molecule has 0 rings (SSSR count). The highest BCUT2D eigenvalue weighted by Crippen LogP contribution is 1.93. The highest BCUT2D eigenvalue weighted by Gasteiger charge is 2.08. The van der Waals surface area contributed by atoms with E-state index in [0.717, 1.165) is 0 Å². The van der Waals surface area contributed by atoms with Crippen LogP contribution in [0, 0.1) is 11.3 Å². The molecule has 0 heterocycles. The van der Waals surface area contributed by atoms with Gasteiger partial charge in [0.25, 0.3) is 5.91 Å². The van der Waals surface area contributed by atoms with Gasteiger partial charge in [0, 0.05) is 32.8 Å². The third-order valence-electron chi connectivity index (χ3n) is 2.02. The number of rotatable bonds is 9. The van der Waals surface area contributed by atoms with Crippen LogP contribution < -0.4 is 10.6 Å². The average molecular weight is 276 g/mol. The molecule has 2 N–H and O–H groups in total. The Hall–Kier alpha value is -1.29. The summed E-state index contributed by atoms with van der Waals surface area (Å²) in [6, 6.07) is 1.81. The first-order valence-electron chi connectivity index (χ1n) is 5.43. The maximum atomic E-state index is 11.5. The van der Waals surface area contributed by atoms with E-state index in [9.17, 15) is 4.79 Å². The van der Waals surface area contributed by atoms with E-state index in [2.05, 4.69) is 10.6 Å². The Balaban J connectivity index is 4.15. The second kappa shape index (κ2) is 10.8. The molecule has 1 amide bonds. The highest BCUT2D eigenvalue weighted by atomic mass is 35.5. The zero-order valence-electron chi connectivity index (χ0n) is 10.5. The van der Waals surface area contributed by atoms with Crippen LogP contribution in [0.2, 0.25) is 0 Å². The van der Waals surface area contributed by atoms with Crippen molar-refractivity contribution in [1.29, 1.82) is 5.26 Å². The van der Waals surface area contributed by atoms with Gasteiger partial charge in [0.1, 0.15) is 11.6 Å². The second-order valence-corrected chi connectivity index (χ2v) is 3.66. The van der Waals surface area contributed by atoms with Crippen LogP contribution in [-0.4, -0.2) is 45.4 Å². The van der Waals surface area contributed by atoms with Gasteiger partial charge in [-0.15, -0.1) is 11.6 Å². The van der Waals surface area contributed by atoms with Crippen LogP contribution in [0.1, 0.15) is 6.42 Å². The monoisotopic (exact) mass is 275 g/mol. The van der Waals surface area contributed by atoms with Gasteiger partial charge in [-0.25, -0.2) is 0 Å². The maximum Gasteiger partial charge on any atom is 0.263 e. The molecular weight excluding hydrogens is 258 g/mol. The van der Waals surface area contributed by atoms with E-state index in [1.54, 1.807) is 0 Å². The number of nitriles is 1. The fourth-order valence-corrected chi connectivity index (χ4v) is 1.17. The van der Waals surface area contributed by atoms with E-state index in [4.69, 9.17) is 26.3 Å². The largest absolute Gasteiger partial charge is 0.385 e. The minimum absolute atomic E-state index is 0.00414. The molecule has 0 aliphatic carbocycles. The van der Waals surface area contributed by atoms with E-state index in [0.29, 0.717) is 25.4 Å². The second-order valence-electron chi connectivity index (χ2n) is 3.28. The lowest BCUT2D eigenvalue weighted by Crippen LogP contribution is -2.29. The number of alkyl halides is 1. The van der Waals surface area contributed by atoms with E-state index >= 15 is 0 Å². The molecule has 0 bridgehead atoms. The number of nitrogens with one attached hydrogen (secondary N) is 2. The third-order valence-corrected chi connectivity index (χ3v) is 2.29. The summed E-state index contributed by atoms with van der Waals surface area (Å²) in [5.41, 5.74) is -0.00414. The number of ether oxygens (including phenoxy) is 2. The van der Waals surface area contributed by atoms with Crippen molar-refractivity contribution in [3.05, 3.63) is 11.8 Å². The molecule has 0 aromatic heterocycles. The van der Waals surface area contributed by atoms with Crippen molar-refractivity contribution in [2.45, 2.75) is 12.7 Å². The van der Waals surface area contributed by atoms with Crippen LogP contribution in [0.5, 0.6) is 0 Å². The van der Waals surface area contributed by atoms with Crippen molar-refractivity contribution < 1.29 is 14.3 Å². The molecule has 0 saturated heterocycles. The number of hydrogen-bond acceptors (Lipinski definition) is 5. The molecule has 0 spiro atoms. The Morgan fingerprint density at radius 2 is 2.17 bits per heavy atom. The van der Waals surface area contributed by atoms with Gasteiger partial charge in [0.05, 0.1) is 6.54 Å². The lowest BCUT2D eigenvalue weighted by molar-refractivity contribution is -0.117. The molecular formula is C11H18ClN3O3. The zero-order valence-corrected chi connectivity index (χ0v) is 11.3. The predicted octanol–water partition coefficient (Wildman–Crippen LogP) is 0.347. The van der Waals surface area contributed by atoms with Crippen LogP contribution in [0.15, 0.2) is 11.8 Å². The Kier molecular flexibility index (Phi) is 10.1. The molecule has 102 valence electrons. The number of carbonyl (C=O) groups excluding carboxylic acids is 1. The molecule has 0 aromatic rings. The molecule has 0 saturated carbocycles. The zero-order chi connectivity index (χ0) is 13.8. The number of nitrogens with zero attached hydrogens (tertiary/aromatic N) is 1. The SMILES string of the molecule is COC(CN/C=C(/C#N)C(=O)NCCCCl)OC. The minimum atomic E-state index is -0.430. The molecule has 7 heteroatoms. The van der Waals surface area contributed by atoms with Gasteiger partial charge in [-0.2, -0.15) is 5.26 Å². The number of amides is 1. The van der Waals surface area contributed by atoms with Gasteiger partial charge in [-0.1, -0.05) is 0 Å². The van der Waals surface area contributed by atoms with Gasteiger partial charge in [0.2, 0.25) is 0 Å². The molecule has 0 fully saturated rings. The maximum absolute atomic E-state index is 11.5.